The molecule has 1 aromatic carbocycles. The van der Waals surface area contributed by atoms with E-state index in [-0.39, 0.29) is 5.91 Å². The van der Waals surface area contributed by atoms with Crippen LogP contribution in [0.1, 0.15) is 17.5 Å². The Bertz CT molecular complexity index is 466. The summed E-state index contributed by atoms with van der Waals surface area (Å²) in [6.45, 7) is 5.08. The summed E-state index contributed by atoms with van der Waals surface area (Å²) in [4.78, 5) is 15.7. The second-order valence-electron chi connectivity index (χ2n) is 4.91. The molecule has 0 saturated carbocycles. The number of carbonyl (C=O) groups is 1. The van der Waals surface area contributed by atoms with Crippen LogP contribution in [-0.2, 0) is 17.8 Å². The van der Waals surface area contributed by atoms with Crippen LogP contribution in [-0.4, -0.2) is 31.4 Å². The molecule has 18 heavy (non-hydrogen) atoms. The summed E-state index contributed by atoms with van der Waals surface area (Å²) in [5, 5.41) is 0. The van der Waals surface area contributed by atoms with Crippen molar-refractivity contribution in [3.63, 3.8) is 0 Å². The lowest BCUT2D eigenvalue weighted by molar-refractivity contribution is -0.126. The number of carbonyl (C=O) groups excluding carboxylic acids is 1. The predicted molar refractivity (Wildman–Crippen MR) is 74.7 cm³/mol. The van der Waals surface area contributed by atoms with Crippen molar-refractivity contribution >= 4 is 11.6 Å². The lowest BCUT2D eigenvalue weighted by atomic mass is 10.0. The molecule has 0 aromatic heterocycles. The number of amides is 1. The van der Waals surface area contributed by atoms with Gasteiger partial charge in [0.2, 0.25) is 5.91 Å². The molecule has 0 spiro atoms. The Kier molecular flexibility index (Phi) is 3.70. The third-order valence-corrected chi connectivity index (χ3v) is 3.43. The first-order valence-corrected chi connectivity index (χ1v) is 6.32. The van der Waals surface area contributed by atoms with Crippen molar-refractivity contribution in [3.8, 4) is 0 Å². The van der Waals surface area contributed by atoms with Gasteiger partial charge in [0.15, 0.2) is 0 Å². The minimum atomic E-state index is 0.0260. The summed E-state index contributed by atoms with van der Waals surface area (Å²) in [5.41, 5.74) is 3.80. The maximum atomic E-state index is 11.7. The molecule has 0 fully saturated rings. The van der Waals surface area contributed by atoms with Crippen LogP contribution in [0, 0.1) is 0 Å². The third kappa shape index (κ3) is 2.55. The van der Waals surface area contributed by atoms with E-state index >= 15 is 0 Å². The van der Waals surface area contributed by atoms with Gasteiger partial charge in [-0.3, -0.25) is 4.79 Å². The molecule has 0 atom stereocenters. The van der Waals surface area contributed by atoms with Gasteiger partial charge in [0.1, 0.15) is 0 Å². The SMILES string of the molecule is C=CC(=O)N1CCCc2ccc(N(C)C)cc2C1. The lowest BCUT2D eigenvalue weighted by Gasteiger charge is -2.20. The van der Waals surface area contributed by atoms with Gasteiger partial charge < -0.3 is 9.80 Å². The van der Waals surface area contributed by atoms with E-state index in [1.165, 1.54) is 22.9 Å². The Morgan fingerprint density at radius 1 is 1.39 bits per heavy atom. The van der Waals surface area contributed by atoms with E-state index in [9.17, 15) is 4.79 Å². The third-order valence-electron chi connectivity index (χ3n) is 3.43. The molecule has 0 N–H and O–H groups in total. The maximum Gasteiger partial charge on any atom is 0.246 e. The summed E-state index contributed by atoms with van der Waals surface area (Å²) in [6, 6.07) is 6.51. The predicted octanol–water partition coefficient (Wildman–Crippen LogP) is 2.21. The minimum Gasteiger partial charge on any atom is -0.378 e. The minimum absolute atomic E-state index is 0.0260. The zero-order valence-corrected chi connectivity index (χ0v) is 11.1. The largest absolute Gasteiger partial charge is 0.378 e. The van der Waals surface area contributed by atoms with Crippen molar-refractivity contribution in [2.24, 2.45) is 0 Å². The first-order chi connectivity index (χ1) is 8.61. The van der Waals surface area contributed by atoms with Crippen LogP contribution in [0.25, 0.3) is 0 Å². The highest BCUT2D eigenvalue weighted by Crippen LogP contribution is 2.23. The second kappa shape index (κ2) is 5.25. The van der Waals surface area contributed by atoms with E-state index in [0.717, 1.165) is 19.4 Å². The van der Waals surface area contributed by atoms with Gasteiger partial charge in [0, 0.05) is 32.9 Å². The van der Waals surface area contributed by atoms with Gasteiger partial charge in [-0.1, -0.05) is 12.6 Å². The summed E-state index contributed by atoms with van der Waals surface area (Å²) >= 11 is 0. The fraction of sp³-hybridized carbons (Fsp3) is 0.400. The molecule has 0 unspecified atom stereocenters. The number of benzene rings is 1. The number of nitrogens with zero attached hydrogens (tertiary/aromatic N) is 2. The summed E-state index contributed by atoms with van der Waals surface area (Å²) in [5.74, 6) is 0.0260. The highest BCUT2D eigenvalue weighted by atomic mass is 16.2. The summed E-state index contributed by atoms with van der Waals surface area (Å²) in [7, 11) is 4.07. The molecule has 1 amide bonds. The average molecular weight is 244 g/mol. The first kappa shape index (κ1) is 12.7. The van der Waals surface area contributed by atoms with Crippen LogP contribution in [0.3, 0.4) is 0 Å². The second-order valence-corrected chi connectivity index (χ2v) is 4.91. The average Bonchev–Trinajstić information content (AvgIpc) is 2.58. The van der Waals surface area contributed by atoms with Crippen LogP contribution >= 0.6 is 0 Å². The summed E-state index contributed by atoms with van der Waals surface area (Å²) < 4.78 is 0. The van der Waals surface area contributed by atoms with Gasteiger partial charge in [-0.15, -0.1) is 0 Å². The van der Waals surface area contributed by atoms with Crippen molar-refractivity contribution in [1.82, 2.24) is 4.90 Å². The number of fused-ring (bicyclic) bond motifs is 1. The zero-order chi connectivity index (χ0) is 13.1. The highest BCUT2D eigenvalue weighted by Gasteiger charge is 2.17. The van der Waals surface area contributed by atoms with Gasteiger partial charge in [-0.25, -0.2) is 0 Å². The number of aryl methyl sites for hydroxylation is 1. The molecular weight excluding hydrogens is 224 g/mol. The van der Waals surface area contributed by atoms with E-state index in [2.05, 4.69) is 29.7 Å². The molecule has 1 aliphatic heterocycles. The molecule has 0 bridgehead atoms. The first-order valence-electron chi connectivity index (χ1n) is 6.32. The molecular formula is C15H20N2O. The fourth-order valence-electron chi connectivity index (χ4n) is 2.34. The van der Waals surface area contributed by atoms with Gasteiger partial charge in [0.25, 0.3) is 0 Å². The maximum absolute atomic E-state index is 11.7. The van der Waals surface area contributed by atoms with Crippen LogP contribution in [0.4, 0.5) is 5.69 Å². The van der Waals surface area contributed by atoms with Crippen LogP contribution in [0.15, 0.2) is 30.9 Å². The molecule has 3 heteroatoms. The Morgan fingerprint density at radius 3 is 2.83 bits per heavy atom. The fourth-order valence-corrected chi connectivity index (χ4v) is 2.34. The van der Waals surface area contributed by atoms with Crippen molar-refractivity contribution in [3.05, 3.63) is 42.0 Å². The highest BCUT2D eigenvalue weighted by molar-refractivity contribution is 5.87. The Balaban J connectivity index is 2.30. The monoisotopic (exact) mass is 244 g/mol. The van der Waals surface area contributed by atoms with Gasteiger partial charge >= 0.3 is 0 Å². The topological polar surface area (TPSA) is 23.6 Å². The van der Waals surface area contributed by atoms with E-state index < -0.39 is 0 Å². The van der Waals surface area contributed by atoms with E-state index in [1.54, 1.807) is 0 Å². The number of rotatable bonds is 2. The van der Waals surface area contributed by atoms with E-state index in [4.69, 9.17) is 0 Å². The van der Waals surface area contributed by atoms with Crippen LogP contribution < -0.4 is 4.90 Å². The van der Waals surface area contributed by atoms with Gasteiger partial charge in [-0.2, -0.15) is 0 Å². The van der Waals surface area contributed by atoms with Gasteiger partial charge in [0.05, 0.1) is 0 Å². The Morgan fingerprint density at radius 2 is 2.17 bits per heavy atom. The lowest BCUT2D eigenvalue weighted by Crippen LogP contribution is -2.28. The number of hydrogen-bond acceptors (Lipinski definition) is 2. The zero-order valence-electron chi connectivity index (χ0n) is 11.1. The molecule has 1 aromatic rings. The van der Waals surface area contributed by atoms with Crippen molar-refractivity contribution in [1.29, 1.82) is 0 Å². The Labute approximate surface area is 109 Å². The van der Waals surface area contributed by atoms with E-state index in [0.29, 0.717) is 6.54 Å². The smallest absolute Gasteiger partial charge is 0.246 e. The van der Waals surface area contributed by atoms with Crippen molar-refractivity contribution in [2.45, 2.75) is 19.4 Å². The Hall–Kier alpha value is -1.77. The standard InChI is InChI=1S/C15H20N2O/c1-4-15(18)17-9-5-6-12-7-8-14(16(2)3)10-13(12)11-17/h4,7-8,10H,1,5-6,9,11H2,2-3H3. The van der Waals surface area contributed by atoms with Crippen LogP contribution in [0.5, 0.6) is 0 Å². The molecule has 0 saturated heterocycles. The van der Waals surface area contributed by atoms with E-state index in [1.807, 2.05) is 19.0 Å². The van der Waals surface area contributed by atoms with Crippen molar-refractivity contribution < 1.29 is 4.79 Å². The molecule has 2 rings (SSSR count). The molecule has 1 heterocycles. The molecule has 1 aliphatic rings. The molecule has 0 aliphatic carbocycles. The molecule has 96 valence electrons. The molecule has 3 nitrogen and oxygen atoms in total. The van der Waals surface area contributed by atoms with Crippen molar-refractivity contribution in [2.75, 3.05) is 25.5 Å². The quantitative estimate of drug-likeness (QED) is 0.745. The normalized spacial score (nSPS) is 14.7. The van der Waals surface area contributed by atoms with Crippen LogP contribution in [0.2, 0.25) is 0 Å². The summed E-state index contributed by atoms with van der Waals surface area (Å²) in [6.07, 6.45) is 3.47. The van der Waals surface area contributed by atoms with Gasteiger partial charge in [-0.05, 0) is 42.2 Å². The number of hydrogen-bond donors (Lipinski definition) is 0. The number of anilines is 1. The molecule has 0 radical (unpaired) electrons.